The Bertz CT molecular complexity index is 612. The summed E-state index contributed by atoms with van der Waals surface area (Å²) in [4.78, 5) is 12.4. The van der Waals surface area contributed by atoms with Gasteiger partial charge in [0.2, 0.25) is 0 Å². The van der Waals surface area contributed by atoms with Crippen LogP contribution in [-0.2, 0) is 11.3 Å². The zero-order valence-corrected chi connectivity index (χ0v) is 14.1. The van der Waals surface area contributed by atoms with Crippen molar-refractivity contribution in [2.45, 2.75) is 64.5 Å². The van der Waals surface area contributed by atoms with Gasteiger partial charge < -0.3 is 14.6 Å². The van der Waals surface area contributed by atoms with Gasteiger partial charge in [-0.2, -0.15) is 0 Å². The van der Waals surface area contributed by atoms with Crippen molar-refractivity contribution in [2.24, 2.45) is 0 Å². The molecule has 1 aromatic rings. The van der Waals surface area contributed by atoms with Crippen molar-refractivity contribution in [1.29, 1.82) is 0 Å². The fourth-order valence-electron chi connectivity index (χ4n) is 3.56. The molecule has 0 saturated carbocycles. The maximum Gasteiger partial charge on any atom is 0.252 e. The number of nitrogens with one attached hydrogen (secondary N) is 1. The molecule has 0 aromatic carbocycles. The van der Waals surface area contributed by atoms with Crippen LogP contribution in [0, 0.1) is 6.92 Å². The summed E-state index contributed by atoms with van der Waals surface area (Å²) in [7, 11) is 0. The maximum atomic E-state index is 12.4. The predicted octanol–water partition coefficient (Wildman–Crippen LogP) is 3.64. The maximum absolute atomic E-state index is 12.4. The zero-order valence-electron chi connectivity index (χ0n) is 14.1. The molecule has 4 nitrogen and oxygen atoms in total. The van der Waals surface area contributed by atoms with Crippen LogP contribution in [-0.4, -0.2) is 23.8 Å². The Hall–Kier alpha value is -1.55. The van der Waals surface area contributed by atoms with Crippen molar-refractivity contribution in [2.75, 3.05) is 18.5 Å². The first kappa shape index (κ1) is 16.3. The third kappa shape index (κ3) is 4.47. The molecule has 1 aliphatic heterocycles. The van der Waals surface area contributed by atoms with Gasteiger partial charge in [0.1, 0.15) is 0 Å². The monoisotopic (exact) mass is 316 g/mol. The lowest BCUT2D eigenvalue weighted by molar-refractivity contribution is 0.0956. The Kier molecular flexibility index (Phi) is 5.55. The average molecular weight is 316 g/mol. The van der Waals surface area contributed by atoms with Crippen molar-refractivity contribution < 1.29 is 4.74 Å². The van der Waals surface area contributed by atoms with Gasteiger partial charge in [-0.05, 0) is 57.9 Å². The van der Waals surface area contributed by atoms with E-state index in [9.17, 15) is 4.79 Å². The molecule has 0 spiro atoms. The number of nitrogens with zero attached hydrogens (tertiary/aromatic N) is 1. The van der Waals surface area contributed by atoms with E-state index >= 15 is 0 Å². The minimum Gasteiger partial charge on any atom is -0.385 e. The van der Waals surface area contributed by atoms with E-state index in [4.69, 9.17) is 4.74 Å². The highest BCUT2D eigenvalue weighted by molar-refractivity contribution is 5.43. The summed E-state index contributed by atoms with van der Waals surface area (Å²) >= 11 is 0. The highest BCUT2D eigenvalue weighted by Gasteiger charge is 2.17. The topological polar surface area (TPSA) is 43.3 Å². The van der Waals surface area contributed by atoms with Gasteiger partial charge in [-0.1, -0.05) is 11.6 Å². The number of hydrogen-bond donors (Lipinski definition) is 1. The number of anilines is 1. The molecule has 1 saturated heterocycles. The van der Waals surface area contributed by atoms with Crippen LogP contribution in [0.1, 0.15) is 50.6 Å². The summed E-state index contributed by atoms with van der Waals surface area (Å²) in [6, 6.07) is 3.79. The number of hydrogen-bond acceptors (Lipinski definition) is 3. The van der Waals surface area contributed by atoms with E-state index in [0.717, 1.165) is 43.8 Å². The van der Waals surface area contributed by atoms with E-state index in [2.05, 4.69) is 17.5 Å². The molecule has 1 fully saturated rings. The first-order chi connectivity index (χ1) is 11.2. The summed E-state index contributed by atoms with van der Waals surface area (Å²) in [6.07, 6.45) is 11.0. The molecule has 2 heterocycles. The lowest BCUT2D eigenvalue weighted by atomic mass is 9.97. The summed E-state index contributed by atoms with van der Waals surface area (Å²) in [5.74, 6) is 0. The van der Waals surface area contributed by atoms with Crippen LogP contribution in [0.3, 0.4) is 0 Å². The second-order valence-corrected chi connectivity index (χ2v) is 6.75. The van der Waals surface area contributed by atoms with Gasteiger partial charge in [0.15, 0.2) is 0 Å². The van der Waals surface area contributed by atoms with Gasteiger partial charge in [-0.3, -0.25) is 4.79 Å². The highest BCUT2D eigenvalue weighted by Crippen LogP contribution is 2.20. The normalized spacial score (nSPS) is 21.3. The van der Waals surface area contributed by atoms with Crippen molar-refractivity contribution >= 4 is 5.69 Å². The SMILES string of the molecule is Cc1cc(NCCC2=CCCCC2)cc(=O)n1CC1CCCO1. The largest absolute Gasteiger partial charge is 0.385 e. The fourth-order valence-corrected chi connectivity index (χ4v) is 3.56. The lowest BCUT2D eigenvalue weighted by Gasteiger charge is -2.17. The molecule has 1 aromatic heterocycles. The van der Waals surface area contributed by atoms with Crippen LogP contribution in [0.25, 0.3) is 0 Å². The average Bonchev–Trinajstić information content (AvgIpc) is 3.05. The first-order valence-electron chi connectivity index (χ1n) is 8.97. The van der Waals surface area contributed by atoms with Gasteiger partial charge in [-0.25, -0.2) is 0 Å². The Morgan fingerprint density at radius 3 is 2.91 bits per heavy atom. The Labute approximate surface area is 138 Å². The molecule has 0 amide bonds. The van der Waals surface area contributed by atoms with E-state index in [1.807, 2.05) is 11.5 Å². The van der Waals surface area contributed by atoms with Gasteiger partial charge in [-0.15, -0.1) is 0 Å². The molecule has 1 N–H and O–H groups in total. The molecule has 126 valence electrons. The predicted molar refractivity (Wildman–Crippen MR) is 94.1 cm³/mol. The summed E-state index contributed by atoms with van der Waals surface area (Å²) in [5.41, 5.74) is 3.58. The summed E-state index contributed by atoms with van der Waals surface area (Å²) in [5, 5.41) is 3.41. The molecule has 0 radical (unpaired) electrons. The van der Waals surface area contributed by atoms with E-state index in [-0.39, 0.29) is 11.7 Å². The van der Waals surface area contributed by atoms with Crippen LogP contribution in [0.5, 0.6) is 0 Å². The molecule has 23 heavy (non-hydrogen) atoms. The third-order valence-corrected chi connectivity index (χ3v) is 4.91. The Balaban J connectivity index is 1.57. The van der Waals surface area contributed by atoms with E-state index < -0.39 is 0 Å². The van der Waals surface area contributed by atoms with Crippen LogP contribution in [0.4, 0.5) is 5.69 Å². The van der Waals surface area contributed by atoms with Crippen molar-refractivity contribution in [3.8, 4) is 0 Å². The smallest absolute Gasteiger partial charge is 0.252 e. The third-order valence-electron chi connectivity index (χ3n) is 4.91. The second kappa shape index (κ2) is 7.82. The Morgan fingerprint density at radius 2 is 2.22 bits per heavy atom. The number of aromatic nitrogens is 1. The van der Waals surface area contributed by atoms with Crippen LogP contribution >= 0.6 is 0 Å². The highest BCUT2D eigenvalue weighted by atomic mass is 16.5. The molecule has 1 aliphatic carbocycles. The van der Waals surface area contributed by atoms with E-state index in [0.29, 0.717) is 6.54 Å². The van der Waals surface area contributed by atoms with Crippen molar-refractivity contribution in [3.63, 3.8) is 0 Å². The summed E-state index contributed by atoms with van der Waals surface area (Å²) < 4.78 is 7.49. The van der Waals surface area contributed by atoms with Crippen LogP contribution in [0.15, 0.2) is 28.6 Å². The van der Waals surface area contributed by atoms with Gasteiger partial charge in [0, 0.05) is 30.6 Å². The van der Waals surface area contributed by atoms with Crippen molar-refractivity contribution in [1.82, 2.24) is 4.57 Å². The molecule has 1 unspecified atom stereocenters. The van der Waals surface area contributed by atoms with Gasteiger partial charge in [0.25, 0.3) is 5.56 Å². The number of aryl methyl sites for hydroxylation is 1. The summed E-state index contributed by atoms with van der Waals surface area (Å²) in [6.45, 7) is 4.41. The van der Waals surface area contributed by atoms with Gasteiger partial charge >= 0.3 is 0 Å². The lowest BCUT2D eigenvalue weighted by Crippen LogP contribution is -2.28. The van der Waals surface area contributed by atoms with Crippen LogP contribution < -0.4 is 10.9 Å². The molecule has 2 aliphatic rings. The molecule has 4 heteroatoms. The molecular formula is C19H28N2O2. The quantitative estimate of drug-likeness (QED) is 0.815. The molecule has 1 atom stereocenters. The molecule has 0 bridgehead atoms. The Morgan fingerprint density at radius 1 is 1.30 bits per heavy atom. The number of allylic oxidation sites excluding steroid dienone is 1. The van der Waals surface area contributed by atoms with E-state index in [1.54, 1.807) is 11.6 Å². The number of pyridine rings is 1. The van der Waals surface area contributed by atoms with Crippen LogP contribution in [0.2, 0.25) is 0 Å². The number of ether oxygens (including phenoxy) is 1. The van der Waals surface area contributed by atoms with Crippen molar-refractivity contribution in [3.05, 3.63) is 39.8 Å². The van der Waals surface area contributed by atoms with E-state index in [1.165, 1.54) is 25.7 Å². The molecular weight excluding hydrogens is 288 g/mol. The first-order valence-corrected chi connectivity index (χ1v) is 8.97. The minimum atomic E-state index is 0.0693. The molecule has 3 rings (SSSR count). The fraction of sp³-hybridized carbons (Fsp3) is 0.632. The second-order valence-electron chi connectivity index (χ2n) is 6.75. The standard InChI is InChI=1S/C19H28N2O2/c1-15-12-17(20-10-9-16-6-3-2-4-7-16)13-19(22)21(15)14-18-8-5-11-23-18/h6,12-13,18,20H,2-5,7-11,14H2,1H3. The van der Waals surface area contributed by atoms with Gasteiger partial charge in [0.05, 0.1) is 12.6 Å². The minimum absolute atomic E-state index is 0.0693. The number of rotatable bonds is 6. The zero-order chi connectivity index (χ0) is 16.1.